The van der Waals surface area contributed by atoms with Gasteiger partial charge in [0.1, 0.15) is 35.4 Å². The SMILES string of the molecule is CCCCOC(=O)[C@H](C)NP(=O)(OC[C@H]1O[C@@H](n2ccc(N)nc2=O)[C@](C)(O)[C@@H]1O)Oc1cc(C)ccc1C(C)C. The Morgan fingerprint density at radius 1 is 1.32 bits per heavy atom. The van der Waals surface area contributed by atoms with Crippen LogP contribution in [0.2, 0.25) is 0 Å². The Morgan fingerprint density at radius 2 is 2.02 bits per heavy atom. The maximum Gasteiger partial charge on any atom is 0.459 e. The molecule has 1 aliphatic rings. The van der Waals surface area contributed by atoms with Crippen molar-refractivity contribution in [2.24, 2.45) is 0 Å². The van der Waals surface area contributed by atoms with Crippen LogP contribution in [-0.4, -0.2) is 62.8 Å². The lowest BCUT2D eigenvalue weighted by Gasteiger charge is -2.27. The number of unbranched alkanes of at least 4 members (excludes halogenated alkanes) is 1. The first-order valence-corrected chi connectivity index (χ1v) is 15.1. The second-order valence-corrected chi connectivity index (χ2v) is 12.4. The molecule has 2 heterocycles. The highest BCUT2D eigenvalue weighted by atomic mass is 31.2. The Labute approximate surface area is 239 Å². The summed E-state index contributed by atoms with van der Waals surface area (Å²) in [7, 11) is -4.33. The van der Waals surface area contributed by atoms with Gasteiger partial charge in [0, 0.05) is 6.20 Å². The molecule has 6 atom stereocenters. The number of benzene rings is 1. The van der Waals surface area contributed by atoms with Crippen LogP contribution >= 0.6 is 7.75 Å². The van der Waals surface area contributed by atoms with Crippen LogP contribution in [0.25, 0.3) is 0 Å². The number of hydrogen-bond acceptors (Lipinski definition) is 11. The van der Waals surface area contributed by atoms with Crippen LogP contribution in [0.15, 0.2) is 35.3 Å². The summed E-state index contributed by atoms with van der Waals surface area (Å²) in [5.74, 6) is -0.361. The zero-order valence-electron chi connectivity index (χ0n) is 24.3. The number of anilines is 1. The molecule has 228 valence electrons. The van der Waals surface area contributed by atoms with Gasteiger partial charge in [-0.05, 0) is 56.4 Å². The summed E-state index contributed by atoms with van der Waals surface area (Å²) >= 11 is 0. The lowest BCUT2D eigenvalue weighted by Crippen LogP contribution is -2.46. The van der Waals surface area contributed by atoms with Gasteiger partial charge < -0.3 is 29.9 Å². The van der Waals surface area contributed by atoms with Crippen molar-refractivity contribution in [3.8, 4) is 5.75 Å². The van der Waals surface area contributed by atoms with Gasteiger partial charge >= 0.3 is 19.4 Å². The van der Waals surface area contributed by atoms with Gasteiger partial charge in [-0.3, -0.25) is 13.9 Å². The van der Waals surface area contributed by atoms with E-state index in [9.17, 15) is 24.4 Å². The predicted molar refractivity (Wildman–Crippen MR) is 151 cm³/mol. The van der Waals surface area contributed by atoms with Crippen LogP contribution in [0.4, 0.5) is 5.82 Å². The van der Waals surface area contributed by atoms with E-state index in [-0.39, 0.29) is 18.3 Å². The number of esters is 1. The number of aromatic nitrogens is 2. The van der Waals surface area contributed by atoms with Gasteiger partial charge in [0.05, 0.1) is 13.2 Å². The molecule has 41 heavy (non-hydrogen) atoms. The largest absolute Gasteiger partial charge is 0.465 e. The molecule has 1 fully saturated rings. The quantitative estimate of drug-likeness (QED) is 0.151. The molecule has 0 amide bonds. The minimum absolute atomic E-state index is 0.0122. The summed E-state index contributed by atoms with van der Waals surface area (Å²) in [4.78, 5) is 28.6. The normalized spacial score (nSPS) is 24.7. The zero-order valence-corrected chi connectivity index (χ0v) is 25.2. The molecular formula is C27H41N4O9P. The second kappa shape index (κ2) is 13.5. The van der Waals surface area contributed by atoms with E-state index >= 15 is 0 Å². The standard InChI is InChI=1S/C27H41N4O9P/c1-7-8-13-37-24(33)18(5)30-41(36,40-20-14-17(4)9-10-19(20)16(2)3)38-15-21-23(32)27(6,35)25(39-21)31-12-11-22(28)29-26(31)34/h9-12,14,16,18,21,23,25,32,35H,7-8,13,15H2,1-6H3,(H,30,36)(H2,28,29,34)/t18-,21+,23+,25+,27+,41?/m0/s1. The number of carbonyl (C=O) groups is 1. The van der Waals surface area contributed by atoms with Crippen LogP contribution in [0, 0.1) is 6.92 Å². The number of nitrogens with one attached hydrogen (secondary N) is 1. The van der Waals surface area contributed by atoms with E-state index < -0.39 is 56.1 Å². The van der Waals surface area contributed by atoms with Crippen LogP contribution in [0.3, 0.4) is 0 Å². The summed E-state index contributed by atoms with van der Waals surface area (Å²) in [5.41, 5.74) is 4.42. The number of nitrogens with zero attached hydrogens (tertiary/aromatic N) is 2. The Balaban J connectivity index is 1.86. The Kier molecular flexibility index (Phi) is 10.7. The van der Waals surface area contributed by atoms with Crippen LogP contribution in [0.5, 0.6) is 5.75 Å². The average molecular weight is 597 g/mol. The van der Waals surface area contributed by atoms with Gasteiger partial charge in [0.25, 0.3) is 0 Å². The smallest absolute Gasteiger partial charge is 0.459 e. The topological polar surface area (TPSA) is 184 Å². The number of rotatable bonds is 13. The third kappa shape index (κ3) is 7.94. The highest BCUT2D eigenvalue weighted by molar-refractivity contribution is 7.52. The molecule has 14 heteroatoms. The lowest BCUT2D eigenvalue weighted by molar-refractivity contribution is -0.145. The second-order valence-electron chi connectivity index (χ2n) is 10.7. The van der Waals surface area contributed by atoms with Crippen molar-refractivity contribution in [2.45, 2.75) is 90.4 Å². The molecule has 1 saturated heterocycles. The van der Waals surface area contributed by atoms with Crippen LogP contribution in [-0.2, 0) is 23.4 Å². The molecule has 0 aliphatic carbocycles. The van der Waals surface area contributed by atoms with Gasteiger partial charge in [-0.25, -0.2) is 9.36 Å². The number of ether oxygens (including phenoxy) is 2. The minimum Gasteiger partial charge on any atom is -0.465 e. The average Bonchev–Trinajstić information content (AvgIpc) is 3.10. The van der Waals surface area contributed by atoms with Crippen molar-refractivity contribution in [3.05, 3.63) is 52.1 Å². The molecule has 1 aliphatic heterocycles. The molecule has 0 saturated carbocycles. The van der Waals surface area contributed by atoms with Gasteiger partial charge in [-0.15, -0.1) is 0 Å². The number of hydrogen-bond donors (Lipinski definition) is 4. The molecule has 3 rings (SSSR count). The molecule has 5 N–H and O–H groups in total. The predicted octanol–water partition coefficient (Wildman–Crippen LogP) is 2.79. The van der Waals surface area contributed by atoms with Gasteiger partial charge in [-0.2, -0.15) is 10.1 Å². The van der Waals surface area contributed by atoms with Crippen molar-refractivity contribution in [1.82, 2.24) is 14.6 Å². The summed E-state index contributed by atoms with van der Waals surface area (Å²) < 4.78 is 37.9. The summed E-state index contributed by atoms with van der Waals surface area (Å²) in [5, 5.41) is 24.5. The zero-order chi connectivity index (χ0) is 30.5. The van der Waals surface area contributed by atoms with E-state index in [1.165, 1.54) is 26.1 Å². The number of aryl methyl sites for hydroxylation is 1. The van der Waals surface area contributed by atoms with E-state index in [2.05, 4.69) is 10.1 Å². The van der Waals surface area contributed by atoms with E-state index in [1.54, 1.807) is 6.07 Å². The minimum atomic E-state index is -4.33. The fourth-order valence-corrected chi connectivity index (χ4v) is 5.82. The number of aliphatic hydroxyl groups is 2. The number of nitrogens with two attached hydrogens (primary N) is 1. The fourth-order valence-electron chi connectivity index (χ4n) is 4.30. The Hall–Kier alpha value is -2.80. The van der Waals surface area contributed by atoms with Gasteiger partial charge in [0.15, 0.2) is 6.23 Å². The summed E-state index contributed by atoms with van der Waals surface area (Å²) in [6, 6.07) is 5.73. The molecule has 0 bridgehead atoms. The highest BCUT2D eigenvalue weighted by Gasteiger charge is 2.54. The van der Waals surface area contributed by atoms with E-state index in [4.69, 9.17) is 24.3 Å². The fraction of sp³-hybridized carbons (Fsp3) is 0.593. The van der Waals surface area contributed by atoms with Gasteiger partial charge in [0.2, 0.25) is 0 Å². The van der Waals surface area contributed by atoms with E-state index in [1.807, 2.05) is 39.8 Å². The molecule has 1 aromatic carbocycles. The third-order valence-electron chi connectivity index (χ3n) is 6.72. The first kappa shape index (κ1) is 32.7. The number of nitrogen functional groups attached to an aromatic ring is 1. The maximum atomic E-state index is 14.1. The molecule has 0 radical (unpaired) electrons. The first-order chi connectivity index (χ1) is 19.2. The number of aliphatic hydroxyl groups excluding tert-OH is 1. The Bertz CT molecular complexity index is 1320. The van der Waals surface area contributed by atoms with Crippen LogP contribution < -0.4 is 21.0 Å². The van der Waals surface area contributed by atoms with E-state index in [0.29, 0.717) is 12.2 Å². The van der Waals surface area contributed by atoms with E-state index in [0.717, 1.165) is 22.1 Å². The molecule has 13 nitrogen and oxygen atoms in total. The molecule has 1 unspecified atom stereocenters. The monoisotopic (exact) mass is 596 g/mol. The molecular weight excluding hydrogens is 555 g/mol. The maximum absolute atomic E-state index is 14.1. The first-order valence-electron chi connectivity index (χ1n) is 13.6. The van der Waals surface area contributed by atoms with Crippen LogP contribution in [0.1, 0.15) is 70.7 Å². The number of carbonyl (C=O) groups excluding carboxylic acids is 1. The highest BCUT2D eigenvalue weighted by Crippen LogP contribution is 2.48. The molecule has 0 spiro atoms. The Morgan fingerprint density at radius 3 is 2.66 bits per heavy atom. The third-order valence-corrected chi connectivity index (χ3v) is 8.35. The van der Waals surface area contributed by atoms with Crippen molar-refractivity contribution < 1.29 is 38.1 Å². The summed E-state index contributed by atoms with van der Waals surface area (Å²) in [6.07, 6.45) is -1.37. The van der Waals surface area contributed by atoms with Crippen molar-refractivity contribution in [3.63, 3.8) is 0 Å². The lowest BCUT2D eigenvalue weighted by atomic mass is 9.96. The van der Waals surface area contributed by atoms with Crippen molar-refractivity contribution in [1.29, 1.82) is 0 Å². The molecule has 1 aromatic heterocycles. The van der Waals surface area contributed by atoms with Crippen molar-refractivity contribution in [2.75, 3.05) is 18.9 Å². The summed E-state index contributed by atoms with van der Waals surface area (Å²) in [6.45, 7) is 10.1. The molecule has 2 aromatic rings. The van der Waals surface area contributed by atoms with Crippen molar-refractivity contribution >= 4 is 19.5 Å². The van der Waals surface area contributed by atoms with Gasteiger partial charge in [-0.1, -0.05) is 39.3 Å².